The monoisotopic (exact) mass is 474 g/mol. The third-order valence-corrected chi connectivity index (χ3v) is 6.20. The lowest BCUT2D eigenvalue weighted by Crippen LogP contribution is -2.12. The third-order valence-electron chi connectivity index (χ3n) is 4.41. The van der Waals surface area contributed by atoms with Gasteiger partial charge in [-0.05, 0) is 49.4 Å². The van der Waals surface area contributed by atoms with Crippen LogP contribution in [0.4, 0.5) is 27.5 Å². The second kappa shape index (κ2) is 8.44. The molecule has 0 aliphatic carbocycles. The summed E-state index contributed by atoms with van der Waals surface area (Å²) in [7, 11) is -3.93. The molecule has 0 aliphatic rings. The molecule has 0 aliphatic heterocycles. The van der Waals surface area contributed by atoms with Gasteiger partial charge in [0.2, 0.25) is 0 Å². The number of hydrogen-bond acceptors (Lipinski definition) is 8. The number of nitrogens with one attached hydrogen (secondary N) is 2. The first-order valence-electron chi connectivity index (χ1n) is 9.12. The number of anilines is 4. The number of nitrogens with zero attached hydrogens (tertiary/aromatic N) is 3. The van der Waals surface area contributed by atoms with Crippen LogP contribution in [0.5, 0.6) is 0 Å². The summed E-state index contributed by atoms with van der Waals surface area (Å²) >= 11 is 5.96. The zero-order valence-corrected chi connectivity index (χ0v) is 18.1. The smallest absolute Gasteiger partial charge is 0.264 e. The van der Waals surface area contributed by atoms with E-state index in [0.717, 1.165) is 0 Å². The van der Waals surface area contributed by atoms with Crippen molar-refractivity contribution in [2.45, 2.75) is 11.8 Å². The summed E-state index contributed by atoms with van der Waals surface area (Å²) in [5.74, 6) is -0.153. The second-order valence-electron chi connectivity index (χ2n) is 6.69. The maximum atomic E-state index is 13.3. The van der Waals surface area contributed by atoms with Crippen molar-refractivity contribution in [1.29, 1.82) is 0 Å². The number of nitrogen functional groups attached to an aromatic ring is 1. The van der Waals surface area contributed by atoms with E-state index in [1.807, 2.05) is 0 Å². The van der Waals surface area contributed by atoms with Gasteiger partial charge in [0.1, 0.15) is 28.7 Å². The molecule has 0 radical (unpaired) electrons. The summed E-state index contributed by atoms with van der Waals surface area (Å²) in [6, 6.07) is 11.6. The van der Waals surface area contributed by atoms with E-state index in [-0.39, 0.29) is 21.5 Å². The molecule has 0 amide bonds. The number of aromatic nitrogens is 3. The first-order chi connectivity index (χ1) is 15.2. The van der Waals surface area contributed by atoms with Crippen LogP contribution >= 0.6 is 11.6 Å². The maximum absolute atomic E-state index is 13.3. The predicted molar refractivity (Wildman–Crippen MR) is 119 cm³/mol. The second-order valence-corrected chi connectivity index (χ2v) is 8.75. The van der Waals surface area contributed by atoms with Gasteiger partial charge in [-0.2, -0.15) is 0 Å². The van der Waals surface area contributed by atoms with E-state index >= 15 is 0 Å². The van der Waals surface area contributed by atoms with E-state index in [9.17, 15) is 12.8 Å². The molecule has 12 heteroatoms. The zero-order valence-electron chi connectivity index (χ0n) is 16.5. The Labute approximate surface area is 187 Å². The molecule has 2 aromatic carbocycles. The van der Waals surface area contributed by atoms with Crippen molar-refractivity contribution in [3.05, 3.63) is 71.4 Å². The van der Waals surface area contributed by atoms with Crippen molar-refractivity contribution in [2.24, 2.45) is 0 Å². The van der Waals surface area contributed by atoms with Crippen LogP contribution in [0.1, 0.15) is 5.69 Å². The normalized spacial score (nSPS) is 11.3. The first kappa shape index (κ1) is 21.5. The van der Waals surface area contributed by atoms with Crippen molar-refractivity contribution in [3.8, 4) is 11.3 Å². The lowest BCUT2D eigenvalue weighted by atomic mass is 10.1. The quantitative estimate of drug-likeness (QED) is 0.351. The minimum Gasteiger partial charge on any atom is -0.398 e. The van der Waals surface area contributed by atoms with Gasteiger partial charge >= 0.3 is 0 Å². The number of halogens is 2. The third kappa shape index (κ3) is 4.48. The predicted octanol–water partition coefficient (Wildman–Crippen LogP) is 4.36. The summed E-state index contributed by atoms with van der Waals surface area (Å²) in [5.41, 5.74) is 8.14. The van der Waals surface area contributed by atoms with Crippen molar-refractivity contribution in [3.63, 3.8) is 0 Å². The number of rotatable bonds is 6. The Morgan fingerprint density at radius 1 is 1.09 bits per heavy atom. The van der Waals surface area contributed by atoms with Crippen LogP contribution in [0.25, 0.3) is 11.3 Å². The molecule has 0 atom stereocenters. The van der Waals surface area contributed by atoms with E-state index in [1.54, 1.807) is 25.1 Å². The highest BCUT2D eigenvalue weighted by atomic mass is 35.5. The van der Waals surface area contributed by atoms with E-state index < -0.39 is 15.8 Å². The Bertz CT molecular complexity index is 1390. The molecule has 0 bridgehead atoms. The molecule has 2 aromatic heterocycles. The fourth-order valence-corrected chi connectivity index (χ4v) is 3.98. The number of sulfonamides is 1. The molecule has 4 rings (SSSR count). The Balaban J connectivity index is 1.52. The lowest BCUT2D eigenvalue weighted by Gasteiger charge is -2.10. The summed E-state index contributed by atoms with van der Waals surface area (Å²) in [4.78, 5) is 8.31. The van der Waals surface area contributed by atoms with Gasteiger partial charge in [-0.25, -0.2) is 27.5 Å². The fraction of sp³-hybridized carbons (Fsp3) is 0.0500. The van der Waals surface area contributed by atoms with Crippen LogP contribution in [-0.4, -0.2) is 23.5 Å². The molecule has 0 fully saturated rings. The van der Waals surface area contributed by atoms with Gasteiger partial charge in [0, 0.05) is 23.0 Å². The Morgan fingerprint density at radius 3 is 2.50 bits per heavy atom. The highest BCUT2D eigenvalue weighted by Gasteiger charge is 2.20. The molecule has 0 unspecified atom stereocenters. The molecular weight excluding hydrogens is 459 g/mol. The molecule has 0 saturated heterocycles. The van der Waals surface area contributed by atoms with Gasteiger partial charge in [-0.3, -0.25) is 0 Å². The molecule has 9 nitrogen and oxygen atoms in total. The minimum absolute atomic E-state index is 0.00404. The molecule has 4 N–H and O–H groups in total. The number of hydrogen-bond donors (Lipinski definition) is 3. The van der Waals surface area contributed by atoms with Crippen molar-refractivity contribution < 1.29 is 17.3 Å². The first-order valence-corrected chi connectivity index (χ1v) is 11.0. The van der Waals surface area contributed by atoms with Gasteiger partial charge < -0.3 is 15.6 Å². The number of aryl methyl sites for hydroxylation is 1. The van der Waals surface area contributed by atoms with Crippen LogP contribution in [0.15, 0.2) is 64.3 Å². The van der Waals surface area contributed by atoms with Crippen molar-refractivity contribution in [1.82, 2.24) is 15.1 Å². The lowest BCUT2D eigenvalue weighted by molar-refractivity contribution is 0.430. The van der Waals surface area contributed by atoms with Crippen molar-refractivity contribution in [2.75, 3.05) is 15.8 Å². The number of benzene rings is 2. The molecular formula is C20H16ClFN6O3S. The highest BCUT2D eigenvalue weighted by Crippen LogP contribution is 2.29. The Morgan fingerprint density at radius 2 is 1.84 bits per heavy atom. The summed E-state index contributed by atoms with van der Waals surface area (Å²) in [6.07, 6.45) is 1.34. The molecule has 4 aromatic rings. The molecule has 32 heavy (non-hydrogen) atoms. The zero-order chi connectivity index (χ0) is 22.9. The van der Waals surface area contributed by atoms with Crippen LogP contribution in [0, 0.1) is 12.7 Å². The van der Waals surface area contributed by atoms with Crippen LogP contribution < -0.4 is 15.8 Å². The molecule has 164 valence electrons. The molecule has 2 heterocycles. The molecule has 0 spiro atoms. The van der Waals surface area contributed by atoms with Gasteiger partial charge in [-0.15, -0.1) is 0 Å². The van der Waals surface area contributed by atoms with Crippen molar-refractivity contribution >= 4 is 44.7 Å². The summed E-state index contributed by atoms with van der Waals surface area (Å²) in [6.45, 7) is 1.59. The average Bonchev–Trinajstić information content (AvgIpc) is 3.06. The Kier molecular flexibility index (Phi) is 5.68. The van der Waals surface area contributed by atoms with Gasteiger partial charge in [0.05, 0.1) is 10.6 Å². The number of nitrogens with two attached hydrogens (primary N) is 1. The minimum atomic E-state index is -3.93. The average molecular weight is 475 g/mol. The van der Waals surface area contributed by atoms with Gasteiger partial charge in [-0.1, -0.05) is 16.8 Å². The topological polar surface area (TPSA) is 136 Å². The standard InChI is InChI=1S/C20H16ClFN6O3S/c1-11-19(21)20(31-27-11)28-32(29,30)14-5-3-13(4-6-14)26-18-9-17(24-10-25-18)15-7-2-12(22)8-16(15)23/h2-10,28H,23H2,1H3,(H,24,25,26). The fourth-order valence-electron chi connectivity index (χ4n) is 2.81. The highest BCUT2D eigenvalue weighted by molar-refractivity contribution is 7.92. The largest absolute Gasteiger partial charge is 0.398 e. The van der Waals surface area contributed by atoms with Crippen LogP contribution in [-0.2, 0) is 10.0 Å². The van der Waals surface area contributed by atoms with E-state index in [1.165, 1.54) is 36.7 Å². The Hall–Kier alpha value is -3.70. The molecule has 0 saturated carbocycles. The van der Waals surface area contributed by atoms with Gasteiger partial charge in [0.25, 0.3) is 15.9 Å². The maximum Gasteiger partial charge on any atom is 0.264 e. The van der Waals surface area contributed by atoms with E-state index in [0.29, 0.717) is 28.5 Å². The summed E-state index contributed by atoms with van der Waals surface area (Å²) < 4.78 is 45.6. The SMILES string of the molecule is Cc1noc(NS(=O)(=O)c2ccc(Nc3cc(-c4ccc(F)cc4N)ncn3)cc2)c1Cl. The van der Waals surface area contributed by atoms with Gasteiger partial charge in [0.15, 0.2) is 0 Å². The van der Waals surface area contributed by atoms with Crippen LogP contribution in [0.2, 0.25) is 5.02 Å². The van der Waals surface area contributed by atoms with E-state index in [2.05, 4.69) is 25.2 Å². The summed E-state index contributed by atoms with van der Waals surface area (Å²) in [5, 5.41) is 6.76. The van der Waals surface area contributed by atoms with Crippen LogP contribution in [0.3, 0.4) is 0 Å². The van der Waals surface area contributed by atoms with E-state index in [4.69, 9.17) is 21.9 Å².